The predicted octanol–water partition coefficient (Wildman–Crippen LogP) is 2.73. The van der Waals surface area contributed by atoms with Crippen LogP contribution in [0.5, 0.6) is 0 Å². The lowest BCUT2D eigenvalue weighted by Gasteiger charge is -2.39. The van der Waals surface area contributed by atoms with Crippen LogP contribution < -0.4 is 5.32 Å². The Morgan fingerprint density at radius 2 is 2.20 bits per heavy atom. The van der Waals surface area contributed by atoms with Gasteiger partial charge in [0.05, 0.1) is 0 Å². The van der Waals surface area contributed by atoms with Crippen LogP contribution in [0.2, 0.25) is 0 Å². The Morgan fingerprint density at radius 3 is 2.85 bits per heavy atom. The molecule has 1 saturated heterocycles. The van der Waals surface area contributed by atoms with E-state index in [-0.39, 0.29) is 0 Å². The van der Waals surface area contributed by atoms with Crippen LogP contribution in [0, 0.1) is 6.92 Å². The van der Waals surface area contributed by atoms with Gasteiger partial charge in [-0.2, -0.15) is 0 Å². The molecule has 0 bridgehead atoms. The van der Waals surface area contributed by atoms with Crippen LogP contribution in [0.3, 0.4) is 0 Å². The van der Waals surface area contributed by atoms with Crippen LogP contribution in [0.4, 0.5) is 0 Å². The van der Waals surface area contributed by atoms with Crippen molar-refractivity contribution in [2.45, 2.75) is 38.8 Å². The Balaban J connectivity index is 2.05. The number of thiophene rings is 1. The first-order valence-corrected chi connectivity index (χ1v) is 8.66. The molecular formula is C16H29N3S. The van der Waals surface area contributed by atoms with E-state index in [1.807, 2.05) is 11.3 Å². The Kier molecular flexibility index (Phi) is 6.02. The van der Waals surface area contributed by atoms with Gasteiger partial charge in [-0.25, -0.2) is 0 Å². The third-order valence-corrected chi connectivity index (χ3v) is 5.26. The van der Waals surface area contributed by atoms with E-state index in [2.05, 4.69) is 54.5 Å². The van der Waals surface area contributed by atoms with Crippen LogP contribution in [-0.4, -0.2) is 56.1 Å². The average Bonchev–Trinajstić information content (AvgIpc) is 2.84. The third-order valence-electron chi connectivity index (χ3n) is 4.40. The SMILES string of the molecule is CCCNC(CC1CN(C)CCN1C)c1ccsc1C. The summed E-state index contributed by atoms with van der Waals surface area (Å²) in [6.07, 6.45) is 2.40. The van der Waals surface area contributed by atoms with Gasteiger partial charge in [0.1, 0.15) is 0 Å². The largest absolute Gasteiger partial charge is 0.310 e. The van der Waals surface area contributed by atoms with Gasteiger partial charge < -0.3 is 15.1 Å². The third kappa shape index (κ3) is 4.04. The summed E-state index contributed by atoms with van der Waals surface area (Å²) in [5, 5.41) is 5.98. The molecule has 0 aromatic carbocycles. The highest BCUT2D eigenvalue weighted by atomic mass is 32.1. The van der Waals surface area contributed by atoms with Crippen molar-refractivity contribution < 1.29 is 0 Å². The summed E-state index contributed by atoms with van der Waals surface area (Å²) in [6, 6.07) is 3.46. The second kappa shape index (κ2) is 7.55. The lowest BCUT2D eigenvalue weighted by atomic mass is 9.97. The molecule has 1 aromatic rings. The highest BCUT2D eigenvalue weighted by molar-refractivity contribution is 7.10. The molecule has 20 heavy (non-hydrogen) atoms. The molecule has 2 atom stereocenters. The van der Waals surface area contributed by atoms with E-state index in [4.69, 9.17) is 0 Å². The topological polar surface area (TPSA) is 18.5 Å². The van der Waals surface area contributed by atoms with E-state index in [1.54, 1.807) is 0 Å². The summed E-state index contributed by atoms with van der Waals surface area (Å²) in [5.74, 6) is 0. The molecule has 2 unspecified atom stereocenters. The standard InChI is InChI=1S/C16H29N3S/c1-5-7-17-16(15-6-10-20-13(15)2)11-14-12-18(3)8-9-19(14)4/h6,10,14,16-17H,5,7-9,11-12H2,1-4H3. The second-order valence-electron chi connectivity index (χ2n) is 6.07. The molecule has 114 valence electrons. The molecule has 1 N–H and O–H groups in total. The van der Waals surface area contributed by atoms with Gasteiger partial charge in [0, 0.05) is 36.6 Å². The van der Waals surface area contributed by atoms with Crippen LogP contribution >= 0.6 is 11.3 Å². The number of hydrogen-bond donors (Lipinski definition) is 1. The molecule has 1 aliphatic rings. The zero-order valence-electron chi connectivity index (χ0n) is 13.4. The Hall–Kier alpha value is -0.420. The predicted molar refractivity (Wildman–Crippen MR) is 88.6 cm³/mol. The van der Waals surface area contributed by atoms with Gasteiger partial charge in [0.15, 0.2) is 0 Å². The van der Waals surface area contributed by atoms with Gasteiger partial charge in [-0.15, -0.1) is 11.3 Å². The minimum absolute atomic E-state index is 0.500. The highest BCUT2D eigenvalue weighted by Gasteiger charge is 2.26. The molecule has 2 heterocycles. The van der Waals surface area contributed by atoms with Crippen molar-refractivity contribution in [2.75, 3.05) is 40.3 Å². The molecule has 0 aliphatic carbocycles. The zero-order valence-corrected chi connectivity index (χ0v) is 14.2. The van der Waals surface area contributed by atoms with E-state index in [9.17, 15) is 0 Å². The molecule has 0 amide bonds. The van der Waals surface area contributed by atoms with Crippen LogP contribution in [-0.2, 0) is 0 Å². The van der Waals surface area contributed by atoms with Gasteiger partial charge in [0.25, 0.3) is 0 Å². The van der Waals surface area contributed by atoms with Crippen molar-refractivity contribution >= 4 is 11.3 Å². The number of hydrogen-bond acceptors (Lipinski definition) is 4. The number of nitrogens with zero attached hydrogens (tertiary/aromatic N) is 2. The lowest BCUT2D eigenvalue weighted by Crippen LogP contribution is -2.51. The Morgan fingerprint density at radius 1 is 1.40 bits per heavy atom. The van der Waals surface area contributed by atoms with Gasteiger partial charge in [0.2, 0.25) is 0 Å². The lowest BCUT2D eigenvalue weighted by molar-refractivity contribution is 0.101. The van der Waals surface area contributed by atoms with Crippen LogP contribution in [0.15, 0.2) is 11.4 Å². The maximum atomic E-state index is 3.76. The molecule has 2 rings (SSSR count). The first kappa shape index (κ1) is 16.0. The fraction of sp³-hybridized carbons (Fsp3) is 0.750. The molecule has 0 spiro atoms. The fourth-order valence-corrected chi connectivity index (χ4v) is 3.79. The summed E-state index contributed by atoms with van der Waals surface area (Å²) in [7, 11) is 4.51. The van der Waals surface area contributed by atoms with Crippen molar-refractivity contribution in [1.29, 1.82) is 0 Å². The number of likely N-dealkylation sites (N-methyl/N-ethyl adjacent to an activating group) is 2. The molecule has 1 fully saturated rings. The maximum Gasteiger partial charge on any atom is 0.0346 e. The van der Waals surface area contributed by atoms with Crippen molar-refractivity contribution in [1.82, 2.24) is 15.1 Å². The van der Waals surface area contributed by atoms with Gasteiger partial charge >= 0.3 is 0 Å². The number of rotatable bonds is 6. The summed E-state index contributed by atoms with van der Waals surface area (Å²) in [5.41, 5.74) is 1.50. The molecular weight excluding hydrogens is 266 g/mol. The summed E-state index contributed by atoms with van der Waals surface area (Å²) < 4.78 is 0. The molecule has 3 nitrogen and oxygen atoms in total. The minimum atomic E-state index is 0.500. The van der Waals surface area contributed by atoms with Gasteiger partial charge in [-0.1, -0.05) is 6.92 Å². The van der Waals surface area contributed by atoms with E-state index >= 15 is 0 Å². The van der Waals surface area contributed by atoms with Crippen LogP contribution in [0.1, 0.15) is 36.2 Å². The highest BCUT2D eigenvalue weighted by Crippen LogP contribution is 2.28. The fourth-order valence-electron chi connectivity index (χ4n) is 3.02. The van der Waals surface area contributed by atoms with Crippen molar-refractivity contribution in [3.8, 4) is 0 Å². The summed E-state index contributed by atoms with van der Waals surface area (Å²) >= 11 is 1.87. The molecule has 0 saturated carbocycles. The second-order valence-corrected chi connectivity index (χ2v) is 7.19. The molecule has 1 aromatic heterocycles. The monoisotopic (exact) mass is 295 g/mol. The number of piperazine rings is 1. The van der Waals surface area contributed by atoms with Gasteiger partial charge in [-0.3, -0.25) is 0 Å². The number of aryl methyl sites for hydroxylation is 1. The van der Waals surface area contributed by atoms with Crippen molar-refractivity contribution in [2.24, 2.45) is 0 Å². The zero-order chi connectivity index (χ0) is 14.5. The van der Waals surface area contributed by atoms with E-state index in [1.165, 1.54) is 42.9 Å². The molecule has 4 heteroatoms. The van der Waals surface area contributed by atoms with Crippen molar-refractivity contribution in [3.63, 3.8) is 0 Å². The normalized spacial score (nSPS) is 23.1. The van der Waals surface area contributed by atoms with Gasteiger partial charge in [-0.05, 0) is 57.4 Å². The smallest absolute Gasteiger partial charge is 0.0346 e. The first-order valence-electron chi connectivity index (χ1n) is 7.78. The van der Waals surface area contributed by atoms with Crippen molar-refractivity contribution in [3.05, 3.63) is 21.9 Å². The first-order chi connectivity index (χ1) is 9.61. The Labute approximate surface area is 128 Å². The molecule has 0 radical (unpaired) electrons. The maximum absolute atomic E-state index is 3.76. The Bertz CT molecular complexity index is 404. The summed E-state index contributed by atoms with van der Waals surface area (Å²) in [6.45, 7) is 9.15. The van der Waals surface area contributed by atoms with Crippen LogP contribution in [0.25, 0.3) is 0 Å². The minimum Gasteiger partial charge on any atom is -0.310 e. The van der Waals surface area contributed by atoms with E-state index in [0.29, 0.717) is 12.1 Å². The summed E-state index contributed by atoms with van der Waals surface area (Å²) in [4.78, 5) is 6.45. The number of nitrogens with one attached hydrogen (secondary N) is 1. The quantitative estimate of drug-likeness (QED) is 0.870. The van der Waals surface area contributed by atoms with E-state index in [0.717, 1.165) is 6.54 Å². The average molecular weight is 295 g/mol. The molecule has 1 aliphatic heterocycles. The van der Waals surface area contributed by atoms with E-state index < -0.39 is 0 Å².